The number of fused-ring (bicyclic) bond motifs is 1. The van der Waals surface area contributed by atoms with Crippen LogP contribution in [0.3, 0.4) is 0 Å². The molecule has 160 valence electrons. The highest BCUT2D eigenvalue weighted by Crippen LogP contribution is 2.26. The summed E-state index contributed by atoms with van der Waals surface area (Å²) in [6.07, 6.45) is 3.56. The van der Waals surface area contributed by atoms with Crippen LogP contribution in [0.2, 0.25) is 0 Å². The van der Waals surface area contributed by atoms with Crippen LogP contribution in [-0.4, -0.2) is 15.6 Å². The lowest BCUT2D eigenvalue weighted by Gasteiger charge is -2.08. The van der Waals surface area contributed by atoms with Gasteiger partial charge in [0.2, 0.25) is 0 Å². The van der Waals surface area contributed by atoms with Crippen LogP contribution in [0.15, 0.2) is 65.6 Å². The molecule has 0 aliphatic rings. The molecule has 4 nitrogen and oxygen atoms in total. The summed E-state index contributed by atoms with van der Waals surface area (Å²) >= 11 is 1.55. The van der Waals surface area contributed by atoms with Gasteiger partial charge >= 0.3 is 5.97 Å². The number of thiophene rings is 1. The molecule has 0 fully saturated rings. The lowest BCUT2D eigenvalue weighted by Crippen LogP contribution is -2.20. The topological polar surface area (TPSA) is 59.3 Å². The Labute approximate surface area is 190 Å². The maximum atomic E-state index is 13.1. The Hall–Kier alpha value is -3.62. The van der Waals surface area contributed by atoms with Crippen molar-refractivity contribution in [2.45, 2.75) is 33.2 Å². The second kappa shape index (κ2) is 9.25. The molecule has 0 radical (unpaired) electrons. The SMILES string of the molecule is CCc1ccc(CC#Cc2cc3c(=O)n(Cc4ccc(C(=O)O)cc4)cc(C)c3s2)cc1. The van der Waals surface area contributed by atoms with E-state index in [1.54, 1.807) is 40.2 Å². The number of aromatic carboxylic acids is 1. The van der Waals surface area contributed by atoms with Gasteiger partial charge in [-0.15, -0.1) is 11.3 Å². The van der Waals surface area contributed by atoms with Gasteiger partial charge in [0.1, 0.15) is 0 Å². The van der Waals surface area contributed by atoms with Crippen molar-refractivity contribution < 1.29 is 9.90 Å². The number of carbonyl (C=O) groups is 1. The fraction of sp³-hybridized carbons (Fsp3) is 0.185. The van der Waals surface area contributed by atoms with Crippen molar-refractivity contribution in [3.63, 3.8) is 0 Å². The number of nitrogens with zero attached hydrogens (tertiary/aromatic N) is 1. The van der Waals surface area contributed by atoms with E-state index in [0.717, 1.165) is 27.1 Å². The molecular formula is C27H23NO3S. The zero-order chi connectivity index (χ0) is 22.7. The van der Waals surface area contributed by atoms with Gasteiger partial charge < -0.3 is 9.67 Å². The van der Waals surface area contributed by atoms with Crippen molar-refractivity contribution in [3.8, 4) is 11.8 Å². The Kier molecular flexibility index (Phi) is 6.25. The highest BCUT2D eigenvalue weighted by molar-refractivity contribution is 7.19. The average molecular weight is 442 g/mol. The first-order chi connectivity index (χ1) is 15.4. The van der Waals surface area contributed by atoms with E-state index in [0.29, 0.717) is 18.4 Å². The van der Waals surface area contributed by atoms with E-state index >= 15 is 0 Å². The molecule has 4 rings (SSSR count). The summed E-state index contributed by atoms with van der Waals surface area (Å²) in [7, 11) is 0. The predicted molar refractivity (Wildman–Crippen MR) is 130 cm³/mol. The minimum absolute atomic E-state index is 0.0626. The van der Waals surface area contributed by atoms with E-state index in [2.05, 4.69) is 43.0 Å². The minimum Gasteiger partial charge on any atom is -0.478 e. The Morgan fingerprint density at radius 1 is 1.03 bits per heavy atom. The van der Waals surface area contributed by atoms with Gasteiger partial charge in [-0.05, 0) is 53.8 Å². The van der Waals surface area contributed by atoms with Gasteiger partial charge in [0.05, 0.1) is 22.4 Å². The van der Waals surface area contributed by atoms with E-state index in [9.17, 15) is 9.59 Å². The third kappa shape index (κ3) is 4.66. The van der Waals surface area contributed by atoms with Crippen molar-refractivity contribution in [1.29, 1.82) is 0 Å². The van der Waals surface area contributed by atoms with E-state index in [-0.39, 0.29) is 11.1 Å². The number of benzene rings is 2. The molecule has 0 spiro atoms. The third-order valence-corrected chi connectivity index (χ3v) is 6.61. The molecule has 0 bridgehead atoms. The number of aromatic nitrogens is 1. The first kappa shape index (κ1) is 21.6. The molecule has 5 heteroatoms. The van der Waals surface area contributed by atoms with Gasteiger partial charge in [0.15, 0.2) is 0 Å². The number of hydrogen-bond acceptors (Lipinski definition) is 3. The summed E-state index contributed by atoms with van der Waals surface area (Å²) in [5.74, 6) is 5.48. The molecule has 2 aromatic heterocycles. The molecule has 0 amide bonds. The normalized spacial score (nSPS) is 10.7. The summed E-state index contributed by atoms with van der Waals surface area (Å²) in [6, 6.07) is 17.0. The van der Waals surface area contributed by atoms with Crippen molar-refractivity contribution in [1.82, 2.24) is 4.57 Å². The second-order valence-electron chi connectivity index (χ2n) is 7.75. The number of pyridine rings is 1. The maximum Gasteiger partial charge on any atom is 0.335 e. The van der Waals surface area contributed by atoms with Gasteiger partial charge in [-0.1, -0.05) is 55.2 Å². The van der Waals surface area contributed by atoms with Crippen molar-refractivity contribution >= 4 is 27.4 Å². The molecule has 1 N–H and O–H groups in total. The van der Waals surface area contributed by atoms with Gasteiger partial charge in [-0.3, -0.25) is 4.79 Å². The molecule has 32 heavy (non-hydrogen) atoms. The first-order valence-corrected chi connectivity index (χ1v) is 11.3. The zero-order valence-electron chi connectivity index (χ0n) is 18.0. The van der Waals surface area contributed by atoms with Gasteiger partial charge in [0, 0.05) is 17.3 Å². The number of hydrogen-bond donors (Lipinski definition) is 1. The molecule has 0 aliphatic heterocycles. The minimum atomic E-state index is -0.962. The largest absolute Gasteiger partial charge is 0.478 e. The Morgan fingerprint density at radius 3 is 2.34 bits per heavy atom. The van der Waals surface area contributed by atoms with Crippen LogP contribution >= 0.6 is 11.3 Å². The molecule has 0 unspecified atom stereocenters. The summed E-state index contributed by atoms with van der Waals surface area (Å²) < 4.78 is 2.64. The summed E-state index contributed by atoms with van der Waals surface area (Å²) in [5.41, 5.74) is 4.57. The van der Waals surface area contributed by atoms with Crippen LogP contribution in [0.4, 0.5) is 0 Å². The fourth-order valence-electron chi connectivity index (χ4n) is 3.60. The third-order valence-electron chi connectivity index (χ3n) is 5.42. The zero-order valence-corrected chi connectivity index (χ0v) is 18.8. The summed E-state index contributed by atoms with van der Waals surface area (Å²) in [5, 5.41) is 9.72. The number of aryl methyl sites for hydroxylation is 2. The second-order valence-corrected chi connectivity index (χ2v) is 8.80. The van der Waals surface area contributed by atoms with E-state index in [4.69, 9.17) is 5.11 Å². The van der Waals surface area contributed by atoms with Crippen LogP contribution in [0, 0.1) is 18.8 Å². The quantitative estimate of drug-likeness (QED) is 0.429. The van der Waals surface area contributed by atoms with Gasteiger partial charge in [0.25, 0.3) is 5.56 Å². The highest BCUT2D eigenvalue weighted by atomic mass is 32.1. The molecule has 2 heterocycles. The molecule has 2 aromatic carbocycles. The molecule has 0 atom stereocenters. The smallest absolute Gasteiger partial charge is 0.335 e. The van der Waals surface area contributed by atoms with Crippen molar-refractivity contribution in [3.05, 3.63) is 104 Å². The molecule has 4 aromatic rings. The number of carboxylic acid groups (broad SMARTS) is 1. The fourth-order valence-corrected chi connectivity index (χ4v) is 4.59. The Morgan fingerprint density at radius 2 is 1.69 bits per heavy atom. The lowest BCUT2D eigenvalue weighted by molar-refractivity contribution is 0.0697. The van der Waals surface area contributed by atoms with E-state index in [1.165, 1.54) is 11.1 Å². The molecular weight excluding hydrogens is 418 g/mol. The molecule has 0 aliphatic carbocycles. The van der Waals surface area contributed by atoms with E-state index in [1.807, 2.05) is 19.2 Å². The maximum absolute atomic E-state index is 13.1. The number of carboxylic acids is 1. The molecule has 0 saturated heterocycles. The molecule has 0 saturated carbocycles. The predicted octanol–water partition coefficient (Wildman–Crippen LogP) is 5.27. The van der Waals surface area contributed by atoms with Gasteiger partial charge in [-0.2, -0.15) is 0 Å². The van der Waals surface area contributed by atoms with Crippen molar-refractivity contribution in [2.75, 3.05) is 0 Å². The Balaban J connectivity index is 1.57. The van der Waals surface area contributed by atoms with Gasteiger partial charge in [-0.25, -0.2) is 4.79 Å². The van der Waals surface area contributed by atoms with Crippen LogP contribution in [0.25, 0.3) is 10.1 Å². The summed E-state index contributed by atoms with van der Waals surface area (Å²) in [4.78, 5) is 25.0. The van der Waals surface area contributed by atoms with Crippen LogP contribution in [-0.2, 0) is 19.4 Å². The average Bonchev–Trinajstić information content (AvgIpc) is 3.23. The highest BCUT2D eigenvalue weighted by Gasteiger charge is 2.11. The van der Waals surface area contributed by atoms with Crippen LogP contribution in [0.5, 0.6) is 0 Å². The van der Waals surface area contributed by atoms with Crippen LogP contribution in [0.1, 0.15) is 44.4 Å². The standard InChI is InChI=1S/C27H23NO3S/c1-3-19-7-9-20(10-8-19)5-4-6-23-15-24-25(32-23)18(2)16-28(26(24)29)17-21-11-13-22(14-12-21)27(30)31/h7-16H,3,5,17H2,1-2H3,(H,30,31). The summed E-state index contributed by atoms with van der Waals surface area (Å²) in [6.45, 7) is 4.52. The van der Waals surface area contributed by atoms with E-state index < -0.39 is 5.97 Å². The van der Waals surface area contributed by atoms with Crippen molar-refractivity contribution in [2.24, 2.45) is 0 Å². The number of rotatable bonds is 5. The lowest BCUT2D eigenvalue weighted by atomic mass is 10.1. The Bertz CT molecular complexity index is 1400. The first-order valence-electron chi connectivity index (χ1n) is 10.5. The monoisotopic (exact) mass is 441 g/mol. The van der Waals surface area contributed by atoms with Crippen LogP contribution < -0.4 is 5.56 Å².